The van der Waals surface area contributed by atoms with Crippen LogP contribution in [-0.2, 0) is 22.5 Å². The first-order valence-corrected chi connectivity index (χ1v) is 9.49. The monoisotopic (exact) mass is 369 g/mol. The highest BCUT2D eigenvalue weighted by Crippen LogP contribution is 2.25. The lowest BCUT2D eigenvalue weighted by Gasteiger charge is -2.30. The second-order valence-electron chi connectivity index (χ2n) is 7.27. The van der Waals surface area contributed by atoms with Crippen molar-refractivity contribution in [3.05, 3.63) is 41.2 Å². The standard InChI is InChI=1S/C21H27N3O3/c1-4-27-20(26)9-14(2)12-24-8-7-18-17(13-24)11-22-21(23-18)16-5-6-19(25)15(3)10-16/h5-6,10-11,14,25H,4,7-9,12-13H2,1-3H3. The lowest BCUT2D eigenvalue weighted by Crippen LogP contribution is -2.35. The van der Waals surface area contributed by atoms with Crippen molar-refractivity contribution in [1.82, 2.24) is 14.9 Å². The van der Waals surface area contributed by atoms with Crippen molar-refractivity contribution < 1.29 is 14.6 Å². The predicted octanol–water partition coefficient (Wildman–Crippen LogP) is 3.11. The van der Waals surface area contributed by atoms with E-state index in [9.17, 15) is 9.90 Å². The summed E-state index contributed by atoms with van der Waals surface area (Å²) in [6.45, 7) is 8.80. The molecule has 0 amide bonds. The van der Waals surface area contributed by atoms with E-state index in [1.807, 2.05) is 32.2 Å². The van der Waals surface area contributed by atoms with Crippen LogP contribution in [-0.4, -0.2) is 45.6 Å². The van der Waals surface area contributed by atoms with Gasteiger partial charge in [-0.25, -0.2) is 9.97 Å². The highest BCUT2D eigenvalue weighted by Gasteiger charge is 2.21. The molecule has 3 rings (SSSR count). The first kappa shape index (κ1) is 19.3. The van der Waals surface area contributed by atoms with Gasteiger partial charge in [-0.15, -0.1) is 0 Å². The SMILES string of the molecule is CCOC(=O)CC(C)CN1CCc2nc(-c3ccc(O)c(C)c3)ncc2C1. The molecule has 2 heterocycles. The molecule has 1 atom stereocenters. The van der Waals surface area contributed by atoms with Gasteiger partial charge in [0, 0.05) is 49.8 Å². The lowest BCUT2D eigenvalue weighted by atomic mass is 10.0. The normalized spacial score (nSPS) is 15.2. The molecule has 0 aliphatic carbocycles. The summed E-state index contributed by atoms with van der Waals surface area (Å²) in [5.41, 5.74) is 3.96. The van der Waals surface area contributed by atoms with E-state index >= 15 is 0 Å². The third-order valence-corrected chi connectivity index (χ3v) is 4.86. The largest absolute Gasteiger partial charge is 0.508 e. The van der Waals surface area contributed by atoms with Crippen LogP contribution >= 0.6 is 0 Å². The summed E-state index contributed by atoms with van der Waals surface area (Å²) < 4.78 is 5.04. The van der Waals surface area contributed by atoms with E-state index in [0.717, 1.165) is 48.4 Å². The molecule has 1 N–H and O–H groups in total. The van der Waals surface area contributed by atoms with Gasteiger partial charge in [-0.1, -0.05) is 6.92 Å². The molecule has 1 aliphatic rings. The number of hydrogen-bond acceptors (Lipinski definition) is 6. The Hall–Kier alpha value is -2.47. The van der Waals surface area contributed by atoms with Gasteiger partial charge in [0.2, 0.25) is 0 Å². The van der Waals surface area contributed by atoms with E-state index < -0.39 is 0 Å². The molecule has 0 saturated heterocycles. The quantitative estimate of drug-likeness (QED) is 0.789. The average molecular weight is 369 g/mol. The van der Waals surface area contributed by atoms with Gasteiger partial charge in [0.1, 0.15) is 5.75 Å². The number of carbonyl (C=O) groups excluding carboxylic acids is 1. The van der Waals surface area contributed by atoms with Crippen LogP contribution in [0.3, 0.4) is 0 Å². The van der Waals surface area contributed by atoms with Crippen molar-refractivity contribution in [2.45, 2.75) is 40.2 Å². The summed E-state index contributed by atoms with van der Waals surface area (Å²) in [7, 11) is 0. The molecule has 27 heavy (non-hydrogen) atoms. The van der Waals surface area contributed by atoms with Crippen LogP contribution in [0.2, 0.25) is 0 Å². The van der Waals surface area contributed by atoms with Crippen molar-refractivity contribution in [2.75, 3.05) is 19.7 Å². The Balaban J connectivity index is 1.65. The van der Waals surface area contributed by atoms with Gasteiger partial charge in [-0.2, -0.15) is 0 Å². The van der Waals surface area contributed by atoms with Gasteiger partial charge >= 0.3 is 5.97 Å². The van der Waals surface area contributed by atoms with E-state index in [-0.39, 0.29) is 17.6 Å². The molecule has 0 spiro atoms. The third-order valence-electron chi connectivity index (χ3n) is 4.86. The fraction of sp³-hybridized carbons (Fsp3) is 0.476. The number of phenolic OH excluding ortho intramolecular Hbond substituents is 1. The third kappa shape index (κ3) is 4.83. The van der Waals surface area contributed by atoms with Crippen LogP contribution in [0, 0.1) is 12.8 Å². The molecule has 2 aromatic rings. The maximum Gasteiger partial charge on any atom is 0.306 e. The number of benzene rings is 1. The van der Waals surface area contributed by atoms with Crippen LogP contribution in [0.4, 0.5) is 0 Å². The van der Waals surface area contributed by atoms with Crippen LogP contribution in [0.5, 0.6) is 5.75 Å². The minimum Gasteiger partial charge on any atom is -0.508 e. The molecule has 1 aliphatic heterocycles. The molecule has 6 nitrogen and oxygen atoms in total. The van der Waals surface area contributed by atoms with Crippen molar-refractivity contribution in [1.29, 1.82) is 0 Å². The molecule has 0 bridgehead atoms. The number of phenols is 1. The predicted molar refractivity (Wildman–Crippen MR) is 103 cm³/mol. The number of aromatic nitrogens is 2. The minimum atomic E-state index is -0.125. The topological polar surface area (TPSA) is 75.5 Å². The zero-order valence-corrected chi connectivity index (χ0v) is 16.2. The van der Waals surface area contributed by atoms with Crippen LogP contribution in [0.15, 0.2) is 24.4 Å². The summed E-state index contributed by atoms with van der Waals surface area (Å²) in [6.07, 6.45) is 3.23. The second kappa shape index (κ2) is 8.48. The molecular formula is C21H27N3O3. The van der Waals surface area contributed by atoms with Crippen LogP contribution < -0.4 is 0 Å². The number of ether oxygens (including phenoxy) is 1. The van der Waals surface area contributed by atoms with Gasteiger partial charge in [0.25, 0.3) is 0 Å². The smallest absolute Gasteiger partial charge is 0.306 e. The van der Waals surface area contributed by atoms with E-state index in [4.69, 9.17) is 9.72 Å². The highest BCUT2D eigenvalue weighted by atomic mass is 16.5. The van der Waals surface area contributed by atoms with E-state index in [1.165, 1.54) is 0 Å². The number of esters is 1. The number of aryl methyl sites for hydroxylation is 1. The first-order chi connectivity index (χ1) is 13.0. The zero-order valence-electron chi connectivity index (χ0n) is 16.2. The number of nitrogens with zero attached hydrogens (tertiary/aromatic N) is 3. The van der Waals surface area contributed by atoms with Gasteiger partial charge in [-0.05, 0) is 43.5 Å². The van der Waals surface area contributed by atoms with Gasteiger partial charge in [0.05, 0.1) is 12.3 Å². The maximum atomic E-state index is 11.6. The Bertz CT molecular complexity index is 822. The van der Waals surface area contributed by atoms with Crippen molar-refractivity contribution >= 4 is 5.97 Å². The van der Waals surface area contributed by atoms with Gasteiger partial charge < -0.3 is 9.84 Å². The fourth-order valence-corrected chi connectivity index (χ4v) is 3.47. The first-order valence-electron chi connectivity index (χ1n) is 9.49. The molecule has 6 heteroatoms. The number of fused-ring (bicyclic) bond motifs is 1. The van der Waals surface area contributed by atoms with Gasteiger partial charge in [0.15, 0.2) is 5.82 Å². The molecule has 1 unspecified atom stereocenters. The van der Waals surface area contributed by atoms with E-state index in [1.54, 1.807) is 6.07 Å². The van der Waals surface area contributed by atoms with Crippen molar-refractivity contribution in [3.63, 3.8) is 0 Å². The highest BCUT2D eigenvalue weighted by molar-refractivity contribution is 5.69. The Labute approximate surface area is 160 Å². The molecular weight excluding hydrogens is 342 g/mol. The van der Waals surface area contributed by atoms with E-state index in [0.29, 0.717) is 18.9 Å². The maximum absolute atomic E-state index is 11.6. The number of carbonyl (C=O) groups is 1. The Morgan fingerprint density at radius 2 is 2.22 bits per heavy atom. The number of rotatable bonds is 6. The molecule has 0 radical (unpaired) electrons. The molecule has 1 aromatic carbocycles. The Morgan fingerprint density at radius 1 is 1.41 bits per heavy atom. The molecule has 1 aromatic heterocycles. The van der Waals surface area contributed by atoms with Crippen LogP contribution in [0.25, 0.3) is 11.4 Å². The minimum absolute atomic E-state index is 0.125. The lowest BCUT2D eigenvalue weighted by molar-refractivity contribution is -0.144. The Morgan fingerprint density at radius 3 is 2.96 bits per heavy atom. The van der Waals surface area contributed by atoms with E-state index in [2.05, 4.69) is 16.8 Å². The molecule has 144 valence electrons. The molecule has 0 saturated carbocycles. The fourth-order valence-electron chi connectivity index (χ4n) is 3.47. The number of hydrogen-bond donors (Lipinski definition) is 1. The summed E-state index contributed by atoms with van der Waals surface area (Å²) in [6, 6.07) is 5.43. The average Bonchev–Trinajstić information content (AvgIpc) is 2.63. The summed E-state index contributed by atoms with van der Waals surface area (Å²) >= 11 is 0. The van der Waals surface area contributed by atoms with Crippen molar-refractivity contribution in [2.24, 2.45) is 5.92 Å². The summed E-state index contributed by atoms with van der Waals surface area (Å²) in [5.74, 6) is 1.11. The van der Waals surface area contributed by atoms with Gasteiger partial charge in [-0.3, -0.25) is 9.69 Å². The summed E-state index contributed by atoms with van der Waals surface area (Å²) in [5, 5.41) is 9.69. The molecule has 0 fully saturated rings. The number of aromatic hydroxyl groups is 1. The summed E-state index contributed by atoms with van der Waals surface area (Å²) in [4.78, 5) is 23.3. The Kier molecular flexibility index (Phi) is 6.06. The van der Waals surface area contributed by atoms with Crippen LogP contribution in [0.1, 0.15) is 37.1 Å². The second-order valence-corrected chi connectivity index (χ2v) is 7.27. The van der Waals surface area contributed by atoms with Crippen molar-refractivity contribution in [3.8, 4) is 17.1 Å². The zero-order chi connectivity index (χ0) is 19.4.